The van der Waals surface area contributed by atoms with E-state index in [1.165, 1.54) is 46.9 Å². The second-order valence-corrected chi connectivity index (χ2v) is 8.24. The lowest BCUT2D eigenvalue weighted by molar-refractivity contribution is -0.384. The topological polar surface area (TPSA) is 131 Å². The molecule has 32 heavy (non-hydrogen) atoms. The van der Waals surface area contributed by atoms with E-state index in [1.54, 1.807) is 11.6 Å². The smallest absolute Gasteiger partial charge is 0.270 e. The highest BCUT2D eigenvalue weighted by molar-refractivity contribution is 7.19. The molecule has 0 bridgehead atoms. The van der Waals surface area contributed by atoms with Gasteiger partial charge in [0.1, 0.15) is 16.8 Å². The molecule has 0 spiro atoms. The highest BCUT2D eigenvalue weighted by Crippen LogP contribution is 2.31. The number of nitrogens with zero attached hydrogens (tertiary/aromatic N) is 4. The molecule has 9 nitrogen and oxygen atoms in total. The molecule has 0 atom stereocenters. The number of allylic oxidation sites excluding steroid dienone is 1. The van der Waals surface area contributed by atoms with Gasteiger partial charge in [-0.15, -0.1) is 22.7 Å². The van der Waals surface area contributed by atoms with Crippen molar-refractivity contribution in [2.24, 2.45) is 0 Å². The number of ether oxygens (including phenoxy) is 1. The van der Waals surface area contributed by atoms with Crippen molar-refractivity contribution in [3.8, 4) is 11.8 Å². The molecule has 2 aromatic heterocycles. The molecule has 2 aromatic carbocycles. The number of carbonyl (C=O) groups excluding carboxylic acids is 1. The van der Waals surface area contributed by atoms with Crippen LogP contribution in [-0.2, 0) is 4.79 Å². The fourth-order valence-corrected chi connectivity index (χ4v) is 4.24. The number of fused-ring (bicyclic) bond motifs is 1. The summed E-state index contributed by atoms with van der Waals surface area (Å²) in [6, 6.07) is 13.5. The Morgan fingerprint density at radius 2 is 2.16 bits per heavy atom. The number of aromatic nitrogens is 2. The van der Waals surface area contributed by atoms with E-state index < -0.39 is 10.8 Å². The van der Waals surface area contributed by atoms with Gasteiger partial charge in [-0.2, -0.15) is 5.26 Å². The fraction of sp³-hybridized carbons (Fsp3) is 0.0476. The van der Waals surface area contributed by atoms with Crippen molar-refractivity contribution in [3.05, 3.63) is 74.7 Å². The highest BCUT2D eigenvalue weighted by Gasteiger charge is 2.15. The molecular formula is C21H13N5O4S2. The second kappa shape index (κ2) is 9.34. The molecule has 0 aliphatic carbocycles. The summed E-state index contributed by atoms with van der Waals surface area (Å²) in [5.74, 6) is -0.210. The number of hydrogen-bond acceptors (Lipinski definition) is 9. The van der Waals surface area contributed by atoms with Crippen molar-refractivity contribution >= 4 is 61.3 Å². The van der Waals surface area contributed by atoms with Gasteiger partial charge in [0.25, 0.3) is 11.6 Å². The van der Waals surface area contributed by atoms with Gasteiger partial charge in [0.15, 0.2) is 11.7 Å². The van der Waals surface area contributed by atoms with Gasteiger partial charge in [-0.25, -0.2) is 9.97 Å². The zero-order valence-corrected chi connectivity index (χ0v) is 17.9. The molecule has 4 rings (SSSR count). The summed E-state index contributed by atoms with van der Waals surface area (Å²) >= 11 is 2.61. The van der Waals surface area contributed by atoms with Crippen molar-refractivity contribution in [1.29, 1.82) is 5.26 Å². The summed E-state index contributed by atoms with van der Waals surface area (Å²) in [5.41, 5.74) is 1.10. The molecule has 0 unspecified atom stereocenters. The number of nitrogens with one attached hydrogen (secondary N) is 1. The number of benzene rings is 2. The molecule has 0 saturated heterocycles. The summed E-state index contributed by atoms with van der Waals surface area (Å²) in [4.78, 5) is 31.3. The van der Waals surface area contributed by atoms with Crippen molar-refractivity contribution in [2.45, 2.75) is 0 Å². The Bertz CT molecular complexity index is 1340. The third-order valence-corrected chi connectivity index (χ3v) is 5.94. The Hall–Kier alpha value is -4.14. The first kappa shape index (κ1) is 21.1. The molecule has 2 heterocycles. The van der Waals surface area contributed by atoms with Gasteiger partial charge in [-0.3, -0.25) is 20.2 Å². The maximum atomic E-state index is 12.1. The molecule has 0 saturated carbocycles. The lowest BCUT2D eigenvalue weighted by Gasteiger charge is -2.09. The van der Waals surface area contributed by atoms with Crippen molar-refractivity contribution < 1.29 is 14.5 Å². The van der Waals surface area contributed by atoms with E-state index in [0.29, 0.717) is 10.1 Å². The lowest BCUT2D eigenvalue weighted by atomic mass is 10.1. The molecule has 0 aliphatic heterocycles. The first-order chi connectivity index (χ1) is 15.5. The molecule has 0 aliphatic rings. The van der Waals surface area contributed by atoms with Gasteiger partial charge in [0.05, 0.1) is 20.7 Å². The summed E-state index contributed by atoms with van der Waals surface area (Å²) in [6.45, 7) is -0.332. The maximum Gasteiger partial charge on any atom is 0.270 e. The van der Waals surface area contributed by atoms with Crippen molar-refractivity contribution in [3.63, 3.8) is 0 Å². The number of hydrogen-bond donors (Lipinski definition) is 1. The fourth-order valence-electron chi connectivity index (χ4n) is 2.76. The number of rotatable bonds is 7. The quantitative estimate of drug-likeness (QED) is 0.238. The molecular weight excluding hydrogens is 450 g/mol. The number of nitro groups is 1. The van der Waals surface area contributed by atoms with Crippen molar-refractivity contribution in [2.75, 3.05) is 11.9 Å². The summed E-state index contributed by atoms with van der Waals surface area (Å²) in [6.07, 6.45) is 3.03. The number of carbonyl (C=O) groups is 1. The van der Waals surface area contributed by atoms with Gasteiger partial charge in [-0.05, 0) is 24.3 Å². The summed E-state index contributed by atoms with van der Waals surface area (Å²) in [5, 5.41) is 26.2. The number of anilines is 1. The first-order valence-corrected chi connectivity index (χ1v) is 10.8. The number of amides is 1. The van der Waals surface area contributed by atoms with Gasteiger partial charge in [0.2, 0.25) is 0 Å². The van der Waals surface area contributed by atoms with Gasteiger partial charge in [0, 0.05) is 29.3 Å². The standard InChI is InChI=1S/C21H13N5O4S2/c22-11-14(20-24-16-3-1-2-4-18(16)32-20)9-13-10-15(26(28)29)5-6-17(13)30-12-19(27)25-21-23-7-8-31-21/h1-10H,12H2,(H,23,25,27)/b14-9+. The zero-order chi connectivity index (χ0) is 22.5. The monoisotopic (exact) mass is 463 g/mol. The van der Waals surface area contributed by atoms with Crippen LogP contribution in [0.1, 0.15) is 10.6 Å². The molecule has 158 valence electrons. The zero-order valence-electron chi connectivity index (χ0n) is 16.2. The van der Waals surface area contributed by atoms with Crippen LogP contribution in [0.15, 0.2) is 54.0 Å². The van der Waals surface area contributed by atoms with Crippen LogP contribution < -0.4 is 10.1 Å². The number of nitriles is 1. The minimum atomic E-state index is -0.542. The van der Waals surface area contributed by atoms with E-state index in [0.717, 1.165) is 10.2 Å². The van der Waals surface area contributed by atoms with E-state index in [1.807, 2.05) is 24.3 Å². The van der Waals surface area contributed by atoms with Crippen LogP contribution in [0.25, 0.3) is 21.9 Å². The first-order valence-electron chi connectivity index (χ1n) is 9.12. The SMILES string of the molecule is N#C/C(=C\c1cc([N+](=O)[O-])ccc1OCC(=O)Nc1nccs1)c1nc2ccccc2s1. The average molecular weight is 464 g/mol. The Balaban J connectivity index is 1.64. The third kappa shape index (κ3) is 4.77. The molecule has 0 radical (unpaired) electrons. The highest BCUT2D eigenvalue weighted by atomic mass is 32.1. The minimum Gasteiger partial charge on any atom is -0.483 e. The summed E-state index contributed by atoms with van der Waals surface area (Å²) < 4.78 is 6.51. The molecule has 4 aromatic rings. The van der Waals surface area contributed by atoms with Crippen LogP contribution in [0.4, 0.5) is 10.8 Å². The minimum absolute atomic E-state index is 0.169. The van der Waals surface area contributed by atoms with Gasteiger partial charge < -0.3 is 4.74 Å². The predicted molar refractivity (Wildman–Crippen MR) is 122 cm³/mol. The Morgan fingerprint density at radius 3 is 2.88 bits per heavy atom. The molecule has 1 N–H and O–H groups in total. The van der Waals surface area contributed by atoms with Crippen LogP contribution in [-0.4, -0.2) is 27.4 Å². The maximum absolute atomic E-state index is 12.1. The Morgan fingerprint density at radius 1 is 1.31 bits per heavy atom. The summed E-state index contributed by atoms with van der Waals surface area (Å²) in [7, 11) is 0. The molecule has 11 heteroatoms. The Labute approximate surface area is 189 Å². The van der Waals surface area contributed by atoms with E-state index in [2.05, 4.69) is 21.4 Å². The average Bonchev–Trinajstić information content (AvgIpc) is 3.45. The van der Waals surface area contributed by atoms with Crippen LogP contribution in [0.3, 0.4) is 0 Å². The number of thiazole rings is 2. The van der Waals surface area contributed by atoms with E-state index in [9.17, 15) is 20.2 Å². The second-order valence-electron chi connectivity index (χ2n) is 6.31. The number of para-hydroxylation sites is 1. The van der Waals surface area contributed by atoms with Crippen LogP contribution in [0, 0.1) is 21.4 Å². The number of non-ortho nitro benzene ring substituents is 1. The van der Waals surface area contributed by atoms with Crippen LogP contribution in [0.2, 0.25) is 0 Å². The Kier molecular flexibility index (Phi) is 6.16. The van der Waals surface area contributed by atoms with Gasteiger partial charge >= 0.3 is 0 Å². The van der Waals surface area contributed by atoms with Crippen LogP contribution >= 0.6 is 22.7 Å². The predicted octanol–water partition coefficient (Wildman–Crippen LogP) is 4.74. The number of nitro benzene ring substituents is 1. The third-order valence-electron chi connectivity index (χ3n) is 4.19. The van der Waals surface area contributed by atoms with Crippen LogP contribution in [0.5, 0.6) is 5.75 Å². The van der Waals surface area contributed by atoms with Gasteiger partial charge in [-0.1, -0.05) is 12.1 Å². The molecule has 0 fully saturated rings. The van der Waals surface area contributed by atoms with E-state index in [4.69, 9.17) is 4.74 Å². The van der Waals surface area contributed by atoms with E-state index in [-0.39, 0.29) is 29.2 Å². The normalized spacial score (nSPS) is 11.2. The lowest BCUT2D eigenvalue weighted by Crippen LogP contribution is -2.20. The largest absolute Gasteiger partial charge is 0.483 e. The van der Waals surface area contributed by atoms with E-state index >= 15 is 0 Å². The van der Waals surface area contributed by atoms with Crippen molar-refractivity contribution in [1.82, 2.24) is 9.97 Å². The molecule has 1 amide bonds.